The molecule has 3 aromatic rings. The lowest BCUT2D eigenvalue weighted by Gasteiger charge is -2.10. The van der Waals surface area contributed by atoms with E-state index in [0.717, 1.165) is 11.1 Å². The third-order valence-electron chi connectivity index (χ3n) is 3.01. The molecule has 0 saturated heterocycles. The minimum Gasteiger partial charge on any atom is -0.493 e. The largest absolute Gasteiger partial charge is 0.493 e. The molecule has 0 unspecified atom stereocenters. The molecule has 7 heteroatoms. The molecular weight excluding hydrogens is 292 g/mol. The highest BCUT2D eigenvalue weighted by Crippen LogP contribution is 2.31. The van der Waals surface area contributed by atoms with Gasteiger partial charge in [0.1, 0.15) is 10.8 Å². The number of methoxy groups -OCH3 is 2. The summed E-state index contributed by atoms with van der Waals surface area (Å²) in [4.78, 5) is 11.6. The summed E-state index contributed by atoms with van der Waals surface area (Å²) in [6.45, 7) is 0. The van der Waals surface area contributed by atoms with Crippen molar-refractivity contribution in [2.24, 2.45) is 0 Å². The van der Waals surface area contributed by atoms with Gasteiger partial charge in [-0.25, -0.2) is 4.98 Å². The number of aromatic amines is 1. The summed E-state index contributed by atoms with van der Waals surface area (Å²) in [6.07, 6.45) is 1.77. The molecule has 0 radical (unpaired) electrons. The Hall–Kier alpha value is -2.47. The van der Waals surface area contributed by atoms with Crippen LogP contribution in [-0.4, -0.2) is 29.2 Å². The quantitative estimate of drug-likeness (QED) is 0.723. The van der Waals surface area contributed by atoms with E-state index in [1.807, 2.05) is 12.1 Å². The molecule has 21 heavy (non-hydrogen) atoms. The Morgan fingerprint density at radius 1 is 1.10 bits per heavy atom. The first-order valence-corrected chi connectivity index (χ1v) is 6.58. The molecule has 0 aliphatic heterocycles. The molecule has 0 aliphatic rings. The lowest BCUT2D eigenvalue weighted by molar-refractivity contribution is 0.355. The Bertz CT molecular complexity index is 788. The van der Waals surface area contributed by atoms with Crippen LogP contribution >= 0.6 is 11.6 Å². The van der Waals surface area contributed by atoms with Gasteiger partial charge < -0.3 is 19.8 Å². The predicted octanol–water partition coefficient (Wildman–Crippen LogP) is 3.37. The van der Waals surface area contributed by atoms with Gasteiger partial charge >= 0.3 is 0 Å². The SMILES string of the molecule is COc1ccc(Nc2nc(Cl)c3cc[nH]c3n2)cc1OC. The average Bonchev–Trinajstić information content (AvgIpc) is 2.96. The highest BCUT2D eigenvalue weighted by molar-refractivity contribution is 6.34. The van der Waals surface area contributed by atoms with Crippen molar-refractivity contribution in [3.63, 3.8) is 0 Å². The van der Waals surface area contributed by atoms with Gasteiger partial charge in [0, 0.05) is 18.0 Å². The first kappa shape index (κ1) is 13.5. The maximum Gasteiger partial charge on any atom is 0.230 e. The highest BCUT2D eigenvalue weighted by atomic mass is 35.5. The minimum absolute atomic E-state index is 0.393. The average molecular weight is 305 g/mol. The fourth-order valence-electron chi connectivity index (χ4n) is 2.00. The number of aromatic nitrogens is 3. The van der Waals surface area contributed by atoms with E-state index in [-0.39, 0.29) is 0 Å². The van der Waals surface area contributed by atoms with Crippen LogP contribution in [0.3, 0.4) is 0 Å². The van der Waals surface area contributed by atoms with Gasteiger partial charge in [0.15, 0.2) is 11.5 Å². The fraction of sp³-hybridized carbons (Fsp3) is 0.143. The zero-order chi connectivity index (χ0) is 14.8. The number of rotatable bonds is 4. The van der Waals surface area contributed by atoms with Gasteiger partial charge in [0.25, 0.3) is 0 Å². The standard InChI is InChI=1S/C14H13ClN4O2/c1-20-10-4-3-8(7-11(10)21-2)17-14-18-12(15)9-5-6-16-13(9)19-14/h3-7H,1-2H3,(H2,16,17,18,19). The van der Waals surface area contributed by atoms with Crippen molar-refractivity contribution in [1.29, 1.82) is 0 Å². The summed E-state index contributed by atoms with van der Waals surface area (Å²) in [5.41, 5.74) is 1.45. The zero-order valence-electron chi connectivity index (χ0n) is 11.5. The molecule has 2 heterocycles. The van der Waals surface area contributed by atoms with E-state index in [4.69, 9.17) is 21.1 Å². The van der Waals surface area contributed by atoms with Gasteiger partial charge in [-0.15, -0.1) is 0 Å². The van der Waals surface area contributed by atoms with Crippen LogP contribution < -0.4 is 14.8 Å². The highest BCUT2D eigenvalue weighted by Gasteiger charge is 2.09. The van der Waals surface area contributed by atoms with Gasteiger partial charge in [-0.2, -0.15) is 4.98 Å². The topological polar surface area (TPSA) is 72.1 Å². The summed E-state index contributed by atoms with van der Waals surface area (Å²) in [5.74, 6) is 1.68. The van der Waals surface area contributed by atoms with Gasteiger partial charge in [-0.05, 0) is 18.2 Å². The molecule has 0 atom stereocenters. The number of ether oxygens (including phenoxy) is 2. The molecule has 0 fully saturated rings. The van der Waals surface area contributed by atoms with Crippen molar-refractivity contribution in [1.82, 2.24) is 15.0 Å². The molecule has 2 N–H and O–H groups in total. The third-order valence-corrected chi connectivity index (χ3v) is 3.30. The van der Waals surface area contributed by atoms with Crippen LogP contribution in [0, 0.1) is 0 Å². The Balaban J connectivity index is 1.94. The van der Waals surface area contributed by atoms with Gasteiger partial charge in [-0.3, -0.25) is 0 Å². The third kappa shape index (κ3) is 2.57. The first-order chi connectivity index (χ1) is 10.2. The van der Waals surface area contributed by atoms with E-state index in [1.165, 1.54) is 0 Å². The van der Waals surface area contributed by atoms with E-state index in [9.17, 15) is 0 Å². The van der Waals surface area contributed by atoms with E-state index in [1.54, 1.807) is 32.5 Å². The van der Waals surface area contributed by atoms with Crippen LogP contribution in [0.15, 0.2) is 30.5 Å². The van der Waals surface area contributed by atoms with Crippen LogP contribution in [0.4, 0.5) is 11.6 Å². The minimum atomic E-state index is 0.393. The number of hydrogen-bond donors (Lipinski definition) is 2. The van der Waals surface area contributed by atoms with Crippen molar-refractivity contribution in [3.05, 3.63) is 35.6 Å². The molecule has 0 aliphatic carbocycles. The number of benzene rings is 1. The molecule has 2 aromatic heterocycles. The van der Waals surface area contributed by atoms with Crippen molar-refractivity contribution in [2.75, 3.05) is 19.5 Å². The van der Waals surface area contributed by atoms with Gasteiger partial charge in [-0.1, -0.05) is 11.6 Å². The summed E-state index contributed by atoms with van der Waals surface area (Å²) in [5, 5.41) is 4.27. The van der Waals surface area contributed by atoms with Crippen LogP contribution in [-0.2, 0) is 0 Å². The lowest BCUT2D eigenvalue weighted by atomic mass is 10.3. The second-order valence-electron chi connectivity index (χ2n) is 4.27. The zero-order valence-corrected chi connectivity index (χ0v) is 12.2. The number of anilines is 2. The predicted molar refractivity (Wildman–Crippen MR) is 81.7 cm³/mol. The normalized spacial score (nSPS) is 10.6. The van der Waals surface area contributed by atoms with E-state index in [2.05, 4.69) is 20.3 Å². The summed E-state index contributed by atoms with van der Waals surface area (Å²) in [7, 11) is 3.17. The fourth-order valence-corrected chi connectivity index (χ4v) is 2.24. The molecule has 0 saturated carbocycles. The monoisotopic (exact) mass is 304 g/mol. The summed E-state index contributed by atoms with van der Waals surface area (Å²) >= 11 is 6.12. The van der Waals surface area contributed by atoms with Gasteiger partial charge in [0.2, 0.25) is 5.95 Å². The number of nitrogens with one attached hydrogen (secondary N) is 2. The first-order valence-electron chi connectivity index (χ1n) is 6.21. The molecular formula is C14H13ClN4O2. The smallest absolute Gasteiger partial charge is 0.230 e. The van der Waals surface area contributed by atoms with Crippen molar-refractivity contribution >= 4 is 34.3 Å². The van der Waals surface area contributed by atoms with Crippen molar-refractivity contribution < 1.29 is 9.47 Å². The number of nitrogens with zero attached hydrogens (tertiary/aromatic N) is 2. The Morgan fingerprint density at radius 2 is 1.90 bits per heavy atom. The van der Waals surface area contributed by atoms with Crippen LogP contribution in [0.1, 0.15) is 0 Å². The second-order valence-corrected chi connectivity index (χ2v) is 4.63. The molecule has 6 nitrogen and oxygen atoms in total. The van der Waals surface area contributed by atoms with Gasteiger partial charge in [0.05, 0.1) is 19.6 Å². The maximum absolute atomic E-state index is 6.12. The number of halogens is 1. The van der Waals surface area contributed by atoms with E-state index < -0.39 is 0 Å². The van der Waals surface area contributed by atoms with Crippen molar-refractivity contribution in [2.45, 2.75) is 0 Å². The summed E-state index contributed by atoms with van der Waals surface area (Å²) in [6, 6.07) is 7.28. The van der Waals surface area contributed by atoms with E-state index in [0.29, 0.717) is 28.2 Å². The van der Waals surface area contributed by atoms with Crippen LogP contribution in [0.5, 0.6) is 11.5 Å². The number of fused-ring (bicyclic) bond motifs is 1. The van der Waals surface area contributed by atoms with E-state index >= 15 is 0 Å². The number of H-pyrrole nitrogens is 1. The van der Waals surface area contributed by atoms with Crippen LogP contribution in [0.2, 0.25) is 5.15 Å². The van der Waals surface area contributed by atoms with Crippen molar-refractivity contribution in [3.8, 4) is 11.5 Å². The lowest BCUT2D eigenvalue weighted by Crippen LogP contribution is -1.99. The maximum atomic E-state index is 6.12. The molecule has 0 spiro atoms. The Labute approximate surface area is 126 Å². The molecule has 0 amide bonds. The summed E-state index contributed by atoms with van der Waals surface area (Å²) < 4.78 is 10.5. The Kier molecular flexibility index (Phi) is 3.53. The molecule has 108 valence electrons. The Morgan fingerprint density at radius 3 is 2.67 bits per heavy atom. The number of hydrogen-bond acceptors (Lipinski definition) is 5. The molecule has 0 bridgehead atoms. The second kappa shape index (κ2) is 5.49. The van der Waals surface area contributed by atoms with Crippen LogP contribution in [0.25, 0.3) is 11.0 Å². The molecule has 3 rings (SSSR count). The molecule has 1 aromatic carbocycles.